The molecule has 1 heterocycles. The van der Waals surface area contributed by atoms with E-state index in [9.17, 15) is 0 Å². The van der Waals surface area contributed by atoms with E-state index in [0.29, 0.717) is 0 Å². The van der Waals surface area contributed by atoms with Crippen LogP contribution in [-0.2, 0) is 6.54 Å². The third kappa shape index (κ3) is 3.08. The maximum atomic E-state index is 6.10. The van der Waals surface area contributed by atoms with Crippen LogP contribution in [0.25, 0.3) is 0 Å². The molecule has 2 N–H and O–H groups in total. The van der Waals surface area contributed by atoms with Crippen LogP contribution < -0.4 is 15.4 Å². The zero-order chi connectivity index (χ0) is 14.5. The van der Waals surface area contributed by atoms with Crippen molar-refractivity contribution < 1.29 is 4.74 Å². The van der Waals surface area contributed by atoms with Crippen LogP contribution in [0, 0.1) is 0 Å². The Kier molecular flexibility index (Phi) is 4.58. The summed E-state index contributed by atoms with van der Waals surface area (Å²) in [7, 11) is 3.72. The largest absolute Gasteiger partial charge is 0.496 e. The van der Waals surface area contributed by atoms with E-state index in [1.54, 1.807) is 13.3 Å². The van der Waals surface area contributed by atoms with Crippen molar-refractivity contribution >= 4 is 5.69 Å². The second kappa shape index (κ2) is 6.39. The second-order valence-electron chi connectivity index (χ2n) is 4.90. The van der Waals surface area contributed by atoms with Crippen LogP contribution in [0.3, 0.4) is 0 Å². The number of hydrogen-bond donors (Lipinski definition) is 1. The fourth-order valence-corrected chi connectivity index (χ4v) is 2.35. The lowest BCUT2D eigenvalue weighted by molar-refractivity contribution is 0.407. The average Bonchev–Trinajstić information content (AvgIpc) is 2.47. The lowest BCUT2D eigenvalue weighted by atomic mass is 10.0. The van der Waals surface area contributed by atoms with Gasteiger partial charge in [-0.3, -0.25) is 4.98 Å². The summed E-state index contributed by atoms with van der Waals surface area (Å²) in [4.78, 5) is 6.31. The molecule has 0 unspecified atom stereocenters. The fraction of sp³-hybridized carbons (Fsp3) is 0.312. The number of ether oxygens (including phenoxy) is 1. The molecule has 0 radical (unpaired) electrons. The SMILES string of the molecule is COc1cccc(N(C)Cc2cccnc2)c1[C@H](C)N. The summed E-state index contributed by atoms with van der Waals surface area (Å²) in [5.74, 6) is 0.829. The number of nitrogens with zero attached hydrogens (tertiary/aromatic N) is 2. The van der Waals surface area contributed by atoms with Crippen molar-refractivity contribution in [2.45, 2.75) is 19.5 Å². The standard InChI is InChI=1S/C16H21N3O/c1-12(17)16-14(7-4-8-15(16)20-3)19(2)11-13-6-5-9-18-10-13/h4-10,12H,11,17H2,1-3H3/t12-/m0/s1. The molecular formula is C16H21N3O. The highest BCUT2D eigenvalue weighted by Crippen LogP contribution is 2.33. The topological polar surface area (TPSA) is 51.4 Å². The molecule has 1 aromatic carbocycles. The summed E-state index contributed by atoms with van der Waals surface area (Å²) < 4.78 is 5.43. The molecule has 4 nitrogen and oxygen atoms in total. The van der Waals surface area contributed by atoms with Gasteiger partial charge in [0.05, 0.1) is 7.11 Å². The van der Waals surface area contributed by atoms with Gasteiger partial charge in [-0.05, 0) is 30.7 Å². The van der Waals surface area contributed by atoms with E-state index in [1.807, 2.05) is 38.4 Å². The van der Waals surface area contributed by atoms with Gasteiger partial charge in [0.2, 0.25) is 0 Å². The van der Waals surface area contributed by atoms with Gasteiger partial charge in [-0.2, -0.15) is 0 Å². The molecule has 1 aromatic heterocycles. The maximum absolute atomic E-state index is 6.10. The first-order chi connectivity index (χ1) is 9.63. The summed E-state index contributed by atoms with van der Waals surface area (Å²) in [6, 6.07) is 9.92. The molecule has 20 heavy (non-hydrogen) atoms. The van der Waals surface area contributed by atoms with Gasteiger partial charge in [-0.15, -0.1) is 0 Å². The summed E-state index contributed by atoms with van der Waals surface area (Å²) in [6.07, 6.45) is 3.66. The van der Waals surface area contributed by atoms with Crippen molar-refractivity contribution in [3.63, 3.8) is 0 Å². The Labute approximate surface area is 120 Å². The molecule has 106 valence electrons. The average molecular weight is 271 g/mol. The minimum atomic E-state index is -0.0856. The van der Waals surface area contributed by atoms with Crippen molar-refractivity contribution in [2.75, 3.05) is 19.1 Å². The third-order valence-corrected chi connectivity index (χ3v) is 3.27. The molecule has 0 aliphatic rings. The molecule has 0 spiro atoms. The van der Waals surface area contributed by atoms with Gasteiger partial charge in [-0.1, -0.05) is 12.1 Å². The van der Waals surface area contributed by atoms with E-state index < -0.39 is 0 Å². The van der Waals surface area contributed by atoms with Crippen molar-refractivity contribution in [2.24, 2.45) is 5.73 Å². The van der Waals surface area contributed by atoms with Crippen LogP contribution in [0.1, 0.15) is 24.1 Å². The smallest absolute Gasteiger partial charge is 0.125 e. The minimum absolute atomic E-state index is 0.0856. The Morgan fingerprint density at radius 2 is 2.10 bits per heavy atom. The quantitative estimate of drug-likeness (QED) is 0.908. The number of pyridine rings is 1. The molecule has 0 aliphatic carbocycles. The molecule has 2 aromatic rings. The third-order valence-electron chi connectivity index (χ3n) is 3.27. The van der Waals surface area contributed by atoms with Crippen LogP contribution in [0.15, 0.2) is 42.7 Å². The number of hydrogen-bond acceptors (Lipinski definition) is 4. The number of aromatic nitrogens is 1. The maximum Gasteiger partial charge on any atom is 0.125 e. The number of nitrogens with two attached hydrogens (primary N) is 1. The van der Waals surface area contributed by atoms with E-state index in [-0.39, 0.29) is 6.04 Å². The lowest BCUT2D eigenvalue weighted by Gasteiger charge is -2.25. The number of benzene rings is 1. The normalized spacial score (nSPS) is 12.0. The number of rotatable bonds is 5. The second-order valence-corrected chi connectivity index (χ2v) is 4.90. The molecule has 0 aliphatic heterocycles. The van der Waals surface area contributed by atoms with Crippen LogP contribution in [-0.4, -0.2) is 19.1 Å². The van der Waals surface area contributed by atoms with Crippen LogP contribution in [0.4, 0.5) is 5.69 Å². The van der Waals surface area contributed by atoms with Crippen molar-refractivity contribution in [3.8, 4) is 5.75 Å². The molecular weight excluding hydrogens is 250 g/mol. The molecule has 0 amide bonds. The first-order valence-electron chi connectivity index (χ1n) is 6.66. The lowest BCUT2D eigenvalue weighted by Crippen LogP contribution is -2.20. The molecule has 2 rings (SSSR count). The van der Waals surface area contributed by atoms with E-state index >= 15 is 0 Å². The van der Waals surface area contributed by atoms with Gasteiger partial charge < -0.3 is 15.4 Å². The predicted molar refractivity (Wildman–Crippen MR) is 81.9 cm³/mol. The van der Waals surface area contributed by atoms with Crippen LogP contribution in [0.5, 0.6) is 5.75 Å². The monoisotopic (exact) mass is 271 g/mol. The Morgan fingerprint density at radius 3 is 2.70 bits per heavy atom. The minimum Gasteiger partial charge on any atom is -0.496 e. The Balaban J connectivity index is 2.32. The van der Waals surface area contributed by atoms with E-state index in [1.165, 1.54) is 0 Å². The van der Waals surface area contributed by atoms with Gasteiger partial charge in [0, 0.05) is 43.3 Å². The van der Waals surface area contributed by atoms with Gasteiger partial charge in [-0.25, -0.2) is 0 Å². The molecule has 0 bridgehead atoms. The Bertz CT molecular complexity index is 555. The highest BCUT2D eigenvalue weighted by molar-refractivity contribution is 5.60. The van der Waals surface area contributed by atoms with Crippen molar-refractivity contribution in [3.05, 3.63) is 53.9 Å². The summed E-state index contributed by atoms with van der Waals surface area (Å²) >= 11 is 0. The van der Waals surface area contributed by atoms with E-state index in [2.05, 4.69) is 22.0 Å². The van der Waals surface area contributed by atoms with Crippen molar-refractivity contribution in [1.29, 1.82) is 0 Å². The van der Waals surface area contributed by atoms with Gasteiger partial charge >= 0.3 is 0 Å². The van der Waals surface area contributed by atoms with E-state index in [0.717, 1.165) is 29.1 Å². The van der Waals surface area contributed by atoms with Gasteiger partial charge in [0.25, 0.3) is 0 Å². The summed E-state index contributed by atoms with van der Waals surface area (Å²) in [6.45, 7) is 2.75. The van der Waals surface area contributed by atoms with Gasteiger partial charge in [0.1, 0.15) is 5.75 Å². The zero-order valence-electron chi connectivity index (χ0n) is 12.2. The summed E-state index contributed by atoms with van der Waals surface area (Å²) in [5, 5.41) is 0. The van der Waals surface area contributed by atoms with Crippen molar-refractivity contribution in [1.82, 2.24) is 4.98 Å². The summed E-state index contributed by atoms with van der Waals surface area (Å²) in [5.41, 5.74) is 9.38. The first-order valence-corrected chi connectivity index (χ1v) is 6.66. The number of anilines is 1. The Morgan fingerprint density at radius 1 is 1.30 bits per heavy atom. The molecule has 0 saturated carbocycles. The van der Waals surface area contributed by atoms with Gasteiger partial charge in [0.15, 0.2) is 0 Å². The van der Waals surface area contributed by atoms with Crippen LogP contribution >= 0.6 is 0 Å². The number of methoxy groups -OCH3 is 1. The highest BCUT2D eigenvalue weighted by Gasteiger charge is 2.16. The predicted octanol–water partition coefficient (Wildman–Crippen LogP) is 2.75. The molecule has 4 heteroatoms. The molecule has 0 saturated heterocycles. The van der Waals surface area contributed by atoms with E-state index in [4.69, 9.17) is 10.5 Å². The Hall–Kier alpha value is -2.07. The van der Waals surface area contributed by atoms with Crippen LogP contribution in [0.2, 0.25) is 0 Å². The first kappa shape index (κ1) is 14.3. The molecule has 1 atom stereocenters. The molecule has 0 fully saturated rings. The fourth-order valence-electron chi connectivity index (χ4n) is 2.35. The highest BCUT2D eigenvalue weighted by atomic mass is 16.5. The zero-order valence-corrected chi connectivity index (χ0v) is 12.2.